The number of carbonyl (C=O) groups is 1. The number of aromatic nitrogens is 5. The maximum absolute atomic E-state index is 13.3. The van der Waals surface area contributed by atoms with Crippen molar-refractivity contribution in [3.05, 3.63) is 77.4 Å². The first-order valence-electron chi connectivity index (χ1n) is 17.8. The van der Waals surface area contributed by atoms with Crippen molar-refractivity contribution in [3.8, 4) is 5.82 Å². The van der Waals surface area contributed by atoms with E-state index in [1.807, 2.05) is 32.9 Å². The number of esters is 1. The third kappa shape index (κ3) is 10.2. The van der Waals surface area contributed by atoms with Crippen LogP contribution in [0.5, 0.6) is 0 Å². The summed E-state index contributed by atoms with van der Waals surface area (Å²) in [6.45, 7) is 19.3. The monoisotopic (exact) mass is 700 g/mol. The Balaban J connectivity index is 1.12. The zero-order chi connectivity index (χ0) is 36.6. The number of pyridine rings is 1. The number of fused-ring (bicyclic) bond motifs is 1. The zero-order valence-corrected chi connectivity index (χ0v) is 30.6. The van der Waals surface area contributed by atoms with Crippen LogP contribution in [0, 0.1) is 0 Å². The first-order valence-corrected chi connectivity index (χ1v) is 17.8. The van der Waals surface area contributed by atoms with Gasteiger partial charge in [0.25, 0.3) is 5.56 Å². The van der Waals surface area contributed by atoms with Gasteiger partial charge in [-0.15, -0.1) is 6.58 Å². The topological polar surface area (TPSA) is 140 Å². The second kappa shape index (κ2) is 16.6. The molecule has 13 nitrogen and oxygen atoms in total. The van der Waals surface area contributed by atoms with Crippen LogP contribution in [0.4, 0.5) is 17.3 Å². The van der Waals surface area contributed by atoms with Crippen molar-refractivity contribution in [1.82, 2.24) is 29.2 Å². The minimum Gasteiger partial charge on any atom is -0.460 e. The lowest BCUT2D eigenvalue weighted by Crippen LogP contribution is -2.46. The summed E-state index contributed by atoms with van der Waals surface area (Å²) in [6, 6.07) is 13.5. The van der Waals surface area contributed by atoms with Gasteiger partial charge in [0.2, 0.25) is 5.95 Å². The second-order valence-corrected chi connectivity index (χ2v) is 14.4. The molecule has 0 radical (unpaired) electrons. The molecule has 3 aromatic heterocycles. The molecule has 1 aliphatic heterocycles. The predicted molar refractivity (Wildman–Crippen MR) is 200 cm³/mol. The van der Waals surface area contributed by atoms with E-state index in [1.54, 1.807) is 42.8 Å². The highest BCUT2D eigenvalue weighted by Gasteiger charge is 2.22. The van der Waals surface area contributed by atoms with Gasteiger partial charge in [-0.25, -0.2) is 19.3 Å². The van der Waals surface area contributed by atoms with Crippen molar-refractivity contribution in [3.63, 3.8) is 0 Å². The molecule has 0 saturated carbocycles. The average molecular weight is 701 g/mol. The number of anilines is 3. The van der Waals surface area contributed by atoms with Crippen LogP contribution in [0.3, 0.4) is 0 Å². The van der Waals surface area contributed by atoms with E-state index >= 15 is 0 Å². The van der Waals surface area contributed by atoms with Gasteiger partial charge in [-0.3, -0.25) is 14.5 Å². The average Bonchev–Trinajstić information content (AvgIpc) is 3.35. The van der Waals surface area contributed by atoms with E-state index in [2.05, 4.69) is 43.8 Å². The first-order chi connectivity index (χ1) is 24.3. The molecule has 51 heavy (non-hydrogen) atoms. The van der Waals surface area contributed by atoms with Gasteiger partial charge in [0.05, 0.1) is 12.2 Å². The molecule has 1 saturated heterocycles. The van der Waals surface area contributed by atoms with Gasteiger partial charge in [0, 0.05) is 69.9 Å². The Kier molecular flexibility index (Phi) is 12.3. The number of rotatable bonds is 16. The SMILES string of the molecule is C=CCn1c(=O)c2cnc(Nc3ccc(N4CCN(CCCOCCCCC(=O)OC(C)(C)C)CC4)cc3)nc2n1-c1cccc(C(C)(C)O)n1. The lowest BCUT2D eigenvalue weighted by Gasteiger charge is -2.36. The number of hydrogen-bond acceptors (Lipinski definition) is 11. The summed E-state index contributed by atoms with van der Waals surface area (Å²) in [5.74, 6) is 0.652. The summed E-state index contributed by atoms with van der Waals surface area (Å²) >= 11 is 0. The van der Waals surface area contributed by atoms with Crippen molar-refractivity contribution < 1.29 is 19.4 Å². The summed E-state index contributed by atoms with van der Waals surface area (Å²) in [7, 11) is 0. The van der Waals surface area contributed by atoms with Crippen LogP contribution in [-0.2, 0) is 26.4 Å². The number of unbranched alkanes of at least 4 members (excludes halogenated alkanes) is 1. The quantitative estimate of drug-likeness (QED) is 0.0909. The molecule has 0 unspecified atom stereocenters. The van der Waals surface area contributed by atoms with Crippen LogP contribution in [0.1, 0.15) is 66.0 Å². The lowest BCUT2D eigenvalue weighted by atomic mass is 10.1. The number of hydrogen-bond donors (Lipinski definition) is 2. The number of aliphatic hydroxyl groups is 1. The molecule has 13 heteroatoms. The third-order valence-electron chi connectivity index (χ3n) is 8.52. The van der Waals surface area contributed by atoms with Crippen molar-refractivity contribution in [2.45, 2.75) is 78.0 Å². The van der Waals surface area contributed by atoms with E-state index in [0.29, 0.717) is 41.5 Å². The van der Waals surface area contributed by atoms with E-state index in [9.17, 15) is 14.7 Å². The van der Waals surface area contributed by atoms with Gasteiger partial charge in [0.1, 0.15) is 16.6 Å². The Labute approximate surface area is 299 Å². The first kappa shape index (κ1) is 37.7. The minimum absolute atomic E-state index is 0.146. The Morgan fingerprint density at radius 2 is 1.71 bits per heavy atom. The fourth-order valence-corrected chi connectivity index (χ4v) is 5.96. The number of ether oxygens (including phenoxy) is 2. The van der Waals surface area contributed by atoms with E-state index in [1.165, 1.54) is 10.9 Å². The molecular formula is C38H52N8O5. The molecule has 4 aromatic rings. The number of carbonyl (C=O) groups excluding carboxylic acids is 1. The third-order valence-corrected chi connectivity index (χ3v) is 8.52. The molecule has 0 aliphatic carbocycles. The lowest BCUT2D eigenvalue weighted by molar-refractivity contribution is -0.154. The highest BCUT2D eigenvalue weighted by Crippen LogP contribution is 2.24. The van der Waals surface area contributed by atoms with Crippen LogP contribution in [0.25, 0.3) is 16.9 Å². The molecule has 0 bridgehead atoms. The summed E-state index contributed by atoms with van der Waals surface area (Å²) in [5, 5.41) is 14.2. The van der Waals surface area contributed by atoms with Crippen molar-refractivity contribution in [2.24, 2.45) is 0 Å². The molecule has 1 fully saturated rings. The second-order valence-electron chi connectivity index (χ2n) is 14.4. The Morgan fingerprint density at radius 1 is 0.980 bits per heavy atom. The van der Waals surface area contributed by atoms with Crippen LogP contribution in [-0.4, -0.2) is 91.8 Å². The summed E-state index contributed by atoms with van der Waals surface area (Å²) < 4.78 is 14.3. The van der Waals surface area contributed by atoms with Gasteiger partial charge in [0.15, 0.2) is 11.5 Å². The van der Waals surface area contributed by atoms with E-state index in [0.717, 1.165) is 70.0 Å². The fourth-order valence-electron chi connectivity index (χ4n) is 5.96. The van der Waals surface area contributed by atoms with E-state index in [4.69, 9.17) is 14.5 Å². The van der Waals surface area contributed by atoms with Gasteiger partial charge in [-0.1, -0.05) is 12.1 Å². The molecule has 4 heterocycles. The van der Waals surface area contributed by atoms with Gasteiger partial charge in [-0.2, -0.15) is 4.98 Å². The summed E-state index contributed by atoms with van der Waals surface area (Å²) in [4.78, 5) is 43.8. The molecule has 0 atom stereocenters. The molecular weight excluding hydrogens is 648 g/mol. The molecule has 1 aliphatic rings. The molecule has 5 rings (SSSR count). The highest BCUT2D eigenvalue weighted by molar-refractivity contribution is 5.77. The minimum atomic E-state index is -1.16. The van der Waals surface area contributed by atoms with Crippen molar-refractivity contribution >= 4 is 34.3 Å². The molecule has 1 aromatic carbocycles. The number of benzene rings is 1. The van der Waals surface area contributed by atoms with Crippen molar-refractivity contribution in [2.75, 3.05) is 56.2 Å². The van der Waals surface area contributed by atoms with Gasteiger partial charge >= 0.3 is 5.97 Å². The van der Waals surface area contributed by atoms with Crippen LogP contribution in [0.15, 0.2) is 66.1 Å². The molecule has 0 amide bonds. The normalized spacial score (nSPS) is 14.2. The van der Waals surface area contributed by atoms with Crippen molar-refractivity contribution in [1.29, 1.82) is 0 Å². The number of allylic oxidation sites excluding steroid dienone is 1. The van der Waals surface area contributed by atoms with Crippen LogP contribution in [0.2, 0.25) is 0 Å². The summed E-state index contributed by atoms with van der Waals surface area (Å²) in [5.41, 5.74) is 0.998. The number of piperazine rings is 1. The fraction of sp³-hybridized carbons (Fsp3) is 0.500. The zero-order valence-electron chi connectivity index (χ0n) is 30.6. The predicted octanol–water partition coefficient (Wildman–Crippen LogP) is 5.17. The van der Waals surface area contributed by atoms with Crippen LogP contribution < -0.4 is 15.8 Å². The maximum atomic E-state index is 13.3. The smallest absolute Gasteiger partial charge is 0.306 e. The standard InChI is InChI=1S/C38H52N8O5/c1-7-19-45-35(48)30-27-39-36(42-34(30)46(45)32-13-10-12-31(41-32)38(5,6)49)40-28-15-17-29(18-16-28)44-23-21-43(22-24-44)20-11-26-50-25-9-8-14-33(47)51-37(2,3)4/h7,10,12-13,15-18,27,49H,1,8-9,11,14,19-26H2,2-6H3,(H,39,40,42). The molecule has 0 spiro atoms. The number of nitrogens with one attached hydrogen (secondary N) is 1. The Morgan fingerprint density at radius 3 is 2.39 bits per heavy atom. The maximum Gasteiger partial charge on any atom is 0.306 e. The summed E-state index contributed by atoms with van der Waals surface area (Å²) in [6.07, 6.45) is 6.23. The molecule has 274 valence electrons. The Bertz CT molecular complexity index is 1830. The number of nitrogens with zero attached hydrogens (tertiary/aromatic N) is 7. The van der Waals surface area contributed by atoms with Gasteiger partial charge < -0.3 is 24.8 Å². The molecule has 2 N–H and O–H groups in total. The van der Waals surface area contributed by atoms with E-state index in [-0.39, 0.29) is 18.1 Å². The highest BCUT2D eigenvalue weighted by atomic mass is 16.6. The largest absolute Gasteiger partial charge is 0.460 e. The Hall–Kier alpha value is -4.59. The van der Waals surface area contributed by atoms with Crippen LogP contribution >= 0.6 is 0 Å². The van der Waals surface area contributed by atoms with E-state index < -0.39 is 11.2 Å². The van der Waals surface area contributed by atoms with Gasteiger partial charge in [-0.05, 0) is 90.3 Å².